The molecule has 3 heteroatoms. The van der Waals surface area contributed by atoms with Gasteiger partial charge in [-0.3, -0.25) is 0 Å². The second-order valence-electron chi connectivity index (χ2n) is 3.63. The lowest BCUT2D eigenvalue weighted by Crippen LogP contribution is -2.10. The van der Waals surface area contributed by atoms with Crippen molar-refractivity contribution in [3.63, 3.8) is 0 Å². The summed E-state index contributed by atoms with van der Waals surface area (Å²) in [7, 11) is 0. The lowest BCUT2D eigenvalue weighted by molar-refractivity contribution is 0.378. The number of hydrogen-bond acceptors (Lipinski definition) is 3. The van der Waals surface area contributed by atoms with Crippen LogP contribution in [0.2, 0.25) is 0 Å². The van der Waals surface area contributed by atoms with E-state index < -0.39 is 0 Å². The van der Waals surface area contributed by atoms with Crippen LogP contribution < -0.4 is 5.63 Å². The molecule has 3 nitrogen and oxygen atoms in total. The quantitative estimate of drug-likeness (QED) is 0.685. The molecule has 2 rings (SSSR count). The highest BCUT2D eigenvalue weighted by Crippen LogP contribution is 2.30. The van der Waals surface area contributed by atoms with Gasteiger partial charge in [-0.1, -0.05) is 0 Å². The van der Waals surface area contributed by atoms with E-state index in [0.29, 0.717) is 23.5 Å². The van der Waals surface area contributed by atoms with Crippen LogP contribution in [-0.4, -0.2) is 5.11 Å². The van der Waals surface area contributed by atoms with E-state index >= 15 is 0 Å². The van der Waals surface area contributed by atoms with Gasteiger partial charge in [0.25, 0.3) is 0 Å². The van der Waals surface area contributed by atoms with Crippen molar-refractivity contribution in [2.24, 2.45) is 0 Å². The van der Waals surface area contributed by atoms with Gasteiger partial charge in [-0.05, 0) is 31.4 Å². The van der Waals surface area contributed by atoms with Crippen molar-refractivity contribution >= 4 is 5.57 Å². The van der Waals surface area contributed by atoms with E-state index in [-0.39, 0.29) is 5.63 Å². The average Bonchev–Trinajstić information content (AvgIpc) is 2.12. The molecule has 1 aromatic rings. The van der Waals surface area contributed by atoms with E-state index in [1.54, 1.807) is 6.92 Å². The van der Waals surface area contributed by atoms with Crippen LogP contribution in [0.25, 0.3) is 5.57 Å². The molecule has 14 heavy (non-hydrogen) atoms. The molecule has 0 bridgehead atoms. The molecule has 0 fully saturated rings. The lowest BCUT2D eigenvalue weighted by Gasteiger charge is -2.17. The maximum absolute atomic E-state index is 11.1. The molecule has 1 heterocycles. The minimum absolute atomic E-state index is 0.325. The fraction of sp³-hybridized carbons (Fsp3) is 0.364. The van der Waals surface area contributed by atoms with Crippen molar-refractivity contribution in [2.75, 3.05) is 0 Å². The Labute approximate surface area is 81.7 Å². The van der Waals surface area contributed by atoms with E-state index in [1.165, 1.54) is 6.07 Å². The molecule has 0 aromatic carbocycles. The first-order valence-electron chi connectivity index (χ1n) is 4.62. The topological polar surface area (TPSA) is 50.4 Å². The summed E-state index contributed by atoms with van der Waals surface area (Å²) < 4.78 is 5.09. The molecule has 1 aromatic heterocycles. The Balaban J connectivity index is 2.74. The molecule has 0 spiro atoms. The largest absolute Gasteiger partial charge is 0.512 e. The van der Waals surface area contributed by atoms with Crippen LogP contribution in [0, 0.1) is 6.92 Å². The Morgan fingerprint density at radius 3 is 2.79 bits per heavy atom. The molecule has 1 aliphatic rings. The Hall–Kier alpha value is -1.51. The van der Waals surface area contributed by atoms with Gasteiger partial charge in [0.05, 0.1) is 5.76 Å². The summed E-state index contributed by atoms with van der Waals surface area (Å²) in [5.74, 6) is 0.880. The van der Waals surface area contributed by atoms with Crippen molar-refractivity contribution in [3.8, 4) is 0 Å². The molecular formula is C11H12O3. The summed E-state index contributed by atoms with van der Waals surface area (Å²) in [6.45, 7) is 3.67. The van der Waals surface area contributed by atoms with Gasteiger partial charge in [0.1, 0.15) is 5.76 Å². The fourth-order valence-corrected chi connectivity index (χ4v) is 1.81. The predicted octanol–water partition coefficient (Wildman–Crippen LogP) is 2.18. The van der Waals surface area contributed by atoms with Crippen LogP contribution in [-0.2, 0) is 6.42 Å². The Morgan fingerprint density at radius 1 is 1.36 bits per heavy atom. The number of aryl methyl sites for hydroxylation is 1. The van der Waals surface area contributed by atoms with E-state index in [4.69, 9.17) is 4.42 Å². The highest BCUT2D eigenvalue weighted by atomic mass is 16.4. The lowest BCUT2D eigenvalue weighted by atomic mass is 9.93. The molecule has 1 N–H and O–H groups in total. The smallest absolute Gasteiger partial charge is 0.336 e. The monoisotopic (exact) mass is 192 g/mol. The van der Waals surface area contributed by atoms with Crippen molar-refractivity contribution in [3.05, 3.63) is 39.1 Å². The van der Waals surface area contributed by atoms with Crippen molar-refractivity contribution in [2.45, 2.75) is 26.7 Å². The van der Waals surface area contributed by atoms with Crippen molar-refractivity contribution in [1.82, 2.24) is 0 Å². The normalized spacial score (nSPS) is 15.6. The molecular weight excluding hydrogens is 180 g/mol. The molecule has 0 aliphatic heterocycles. The fourth-order valence-electron chi connectivity index (χ4n) is 1.81. The molecule has 1 aliphatic carbocycles. The second-order valence-corrected chi connectivity index (χ2v) is 3.63. The van der Waals surface area contributed by atoms with Crippen LogP contribution >= 0.6 is 0 Å². The number of allylic oxidation sites excluding steroid dienone is 2. The maximum atomic E-state index is 11.1. The number of rotatable bonds is 0. The van der Waals surface area contributed by atoms with Crippen LogP contribution in [0.1, 0.15) is 30.2 Å². The molecule has 0 saturated carbocycles. The third-order valence-electron chi connectivity index (χ3n) is 2.67. The van der Waals surface area contributed by atoms with Crippen LogP contribution in [0.4, 0.5) is 0 Å². The highest BCUT2D eigenvalue weighted by Gasteiger charge is 2.19. The Morgan fingerprint density at radius 2 is 2.07 bits per heavy atom. The van der Waals surface area contributed by atoms with E-state index in [0.717, 1.165) is 17.5 Å². The standard InChI is InChI=1S/C11H12O3/c1-6-5-10(13)14-11-7(2)9(12)4-3-8(6)11/h5,12H,3-4H2,1-2H3. The first kappa shape index (κ1) is 9.06. The summed E-state index contributed by atoms with van der Waals surface area (Å²) in [6.07, 6.45) is 1.38. The van der Waals surface area contributed by atoms with Gasteiger partial charge >= 0.3 is 5.63 Å². The zero-order chi connectivity index (χ0) is 10.3. The van der Waals surface area contributed by atoms with Crippen molar-refractivity contribution in [1.29, 1.82) is 0 Å². The van der Waals surface area contributed by atoms with Crippen molar-refractivity contribution < 1.29 is 9.52 Å². The molecule has 0 radical (unpaired) electrons. The molecule has 0 unspecified atom stereocenters. The van der Waals surface area contributed by atoms with Gasteiger partial charge in [0.15, 0.2) is 0 Å². The summed E-state index contributed by atoms with van der Waals surface area (Å²) in [6, 6.07) is 1.49. The van der Waals surface area contributed by atoms with Crippen LogP contribution in [0.3, 0.4) is 0 Å². The van der Waals surface area contributed by atoms with E-state index in [9.17, 15) is 9.90 Å². The van der Waals surface area contributed by atoms with Gasteiger partial charge in [-0.15, -0.1) is 0 Å². The third kappa shape index (κ3) is 1.25. The minimum atomic E-state index is -0.352. The van der Waals surface area contributed by atoms with Gasteiger partial charge in [0.2, 0.25) is 0 Å². The second kappa shape index (κ2) is 3.01. The summed E-state index contributed by atoms with van der Waals surface area (Å²) in [5, 5.41) is 9.52. The van der Waals surface area contributed by atoms with Gasteiger partial charge in [0, 0.05) is 18.1 Å². The first-order valence-corrected chi connectivity index (χ1v) is 4.62. The van der Waals surface area contributed by atoms with E-state index in [1.807, 2.05) is 6.92 Å². The first-order chi connectivity index (χ1) is 6.59. The van der Waals surface area contributed by atoms with Gasteiger partial charge in [-0.2, -0.15) is 0 Å². The highest BCUT2D eigenvalue weighted by molar-refractivity contribution is 5.66. The molecule has 0 atom stereocenters. The Bertz CT molecular complexity index is 466. The van der Waals surface area contributed by atoms with E-state index in [2.05, 4.69) is 0 Å². The zero-order valence-corrected chi connectivity index (χ0v) is 8.26. The number of hydrogen-bond donors (Lipinski definition) is 1. The molecule has 74 valence electrons. The third-order valence-corrected chi connectivity index (χ3v) is 2.67. The summed E-state index contributed by atoms with van der Waals surface area (Å²) in [4.78, 5) is 11.1. The number of aliphatic hydroxyl groups is 1. The summed E-state index contributed by atoms with van der Waals surface area (Å²) in [5.41, 5.74) is 2.32. The van der Waals surface area contributed by atoms with Gasteiger partial charge in [-0.25, -0.2) is 4.79 Å². The molecule has 0 amide bonds. The maximum Gasteiger partial charge on any atom is 0.336 e. The number of aliphatic hydroxyl groups excluding tert-OH is 1. The summed E-state index contributed by atoms with van der Waals surface area (Å²) >= 11 is 0. The zero-order valence-electron chi connectivity index (χ0n) is 8.26. The average molecular weight is 192 g/mol. The predicted molar refractivity (Wildman–Crippen MR) is 53.3 cm³/mol. The van der Waals surface area contributed by atoms with Crippen LogP contribution in [0.15, 0.2) is 21.0 Å². The van der Waals surface area contributed by atoms with Crippen LogP contribution in [0.5, 0.6) is 0 Å². The van der Waals surface area contributed by atoms with Gasteiger partial charge < -0.3 is 9.52 Å². The number of fused-ring (bicyclic) bond motifs is 1. The Kier molecular flexibility index (Phi) is 1.95. The minimum Gasteiger partial charge on any atom is -0.512 e. The SMILES string of the molecule is CC1=C(O)CCc2c(C)cc(=O)oc21. The molecule has 0 saturated heterocycles.